The summed E-state index contributed by atoms with van der Waals surface area (Å²) in [5.74, 6) is -3.15. The molecule has 0 saturated carbocycles. The van der Waals surface area contributed by atoms with E-state index in [1.165, 1.54) is 12.1 Å². The first kappa shape index (κ1) is 17.5. The van der Waals surface area contributed by atoms with Gasteiger partial charge in [0.05, 0.1) is 5.92 Å². The van der Waals surface area contributed by atoms with E-state index in [9.17, 15) is 19.1 Å². The highest BCUT2D eigenvalue weighted by molar-refractivity contribution is 8.03. The molecule has 0 spiro atoms. The topological polar surface area (TPSA) is 90.2 Å². The second kappa shape index (κ2) is 8.13. The van der Waals surface area contributed by atoms with Gasteiger partial charge < -0.3 is 10.4 Å². The van der Waals surface area contributed by atoms with Crippen LogP contribution in [0.4, 0.5) is 10.1 Å². The number of amides is 1. The summed E-state index contributed by atoms with van der Waals surface area (Å²) < 4.78 is 12.9. The Morgan fingerprint density at radius 3 is 2.33 bits per heavy atom. The summed E-state index contributed by atoms with van der Waals surface area (Å²) in [6.07, 6.45) is -0.268. The highest BCUT2D eigenvalue weighted by Crippen LogP contribution is 2.23. The Morgan fingerprint density at radius 2 is 1.79 bits per heavy atom. The first-order chi connectivity index (χ1) is 11.5. The van der Waals surface area contributed by atoms with Crippen LogP contribution in [-0.4, -0.2) is 17.0 Å². The fourth-order valence-corrected chi connectivity index (χ4v) is 2.48. The molecule has 0 aliphatic heterocycles. The van der Waals surface area contributed by atoms with Gasteiger partial charge in [0, 0.05) is 17.0 Å². The molecule has 24 heavy (non-hydrogen) atoms. The standard InChI is InChI=1S/C17H13FN2O3S/c18-12-3-1-11(2-4-12)15(17(22)23)9-16(21)20-13-5-7-14(8-6-13)24-10-19/h1-8,15H,9H2,(H,20,21)(H,22,23). The number of halogens is 1. The van der Waals surface area contributed by atoms with Gasteiger partial charge in [-0.2, -0.15) is 5.26 Å². The Bertz CT molecular complexity index is 770. The van der Waals surface area contributed by atoms with Crippen LogP contribution in [0.5, 0.6) is 0 Å². The number of carboxylic acid groups (broad SMARTS) is 1. The van der Waals surface area contributed by atoms with Gasteiger partial charge in [-0.1, -0.05) is 12.1 Å². The van der Waals surface area contributed by atoms with Crippen molar-refractivity contribution in [2.24, 2.45) is 0 Å². The van der Waals surface area contributed by atoms with Crippen LogP contribution in [-0.2, 0) is 9.59 Å². The van der Waals surface area contributed by atoms with Crippen molar-refractivity contribution in [3.05, 3.63) is 59.9 Å². The maximum absolute atomic E-state index is 12.9. The SMILES string of the molecule is N#CSc1ccc(NC(=O)CC(C(=O)O)c2ccc(F)cc2)cc1. The van der Waals surface area contributed by atoms with Crippen LogP contribution in [0.1, 0.15) is 17.9 Å². The number of anilines is 1. The molecule has 1 unspecified atom stereocenters. The van der Waals surface area contributed by atoms with Crippen LogP contribution in [0.3, 0.4) is 0 Å². The van der Waals surface area contributed by atoms with Crippen molar-refractivity contribution in [3.63, 3.8) is 0 Å². The average molecular weight is 344 g/mol. The van der Waals surface area contributed by atoms with Crippen molar-refractivity contribution in [2.45, 2.75) is 17.2 Å². The summed E-state index contributed by atoms with van der Waals surface area (Å²) in [4.78, 5) is 24.2. The summed E-state index contributed by atoms with van der Waals surface area (Å²) in [7, 11) is 0. The summed E-state index contributed by atoms with van der Waals surface area (Å²) in [6, 6.07) is 11.7. The minimum atomic E-state index is -1.16. The molecule has 0 aliphatic rings. The number of aliphatic carboxylic acids is 1. The molecule has 122 valence electrons. The van der Waals surface area contributed by atoms with E-state index in [2.05, 4.69) is 5.32 Å². The number of carboxylic acids is 1. The lowest BCUT2D eigenvalue weighted by atomic mass is 9.95. The number of nitrogens with zero attached hydrogens (tertiary/aromatic N) is 1. The summed E-state index contributed by atoms with van der Waals surface area (Å²) in [5.41, 5.74) is 0.866. The van der Waals surface area contributed by atoms with Crippen molar-refractivity contribution in [1.29, 1.82) is 5.26 Å². The summed E-state index contributed by atoms with van der Waals surface area (Å²) in [5, 5.41) is 22.4. The number of carbonyl (C=O) groups is 2. The third kappa shape index (κ3) is 4.83. The van der Waals surface area contributed by atoms with Gasteiger partial charge in [0.1, 0.15) is 11.2 Å². The van der Waals surface area contributed by atoms with Gasteiger partial charge >= 0.3 is 5.97 Å². The quantitative estimate of drug-likeness (QED) is 0.617. The minimum Gasteiger partial charge on any atom is -0.481 e. The zero-order valence-corrected chi connectivity index (χ0v) is 13.2. The number of thiocyanates is 1. The first-order valence-electron chi connectivity index (χ1n) is 6.93. The predicted octanol–water partition coefficient (Wildman–Crippen LogP) is 3.60. The fourth-order valence-electron chi connectivity index (χ4n) is 2.10. The highest BCUT2D eigenvalue weighted by Gasteiger charge is 2.23. The van der Waals surface area contributed by atoms with Gasteiger partial charge in [0.15, 0.2) is 0 Å². The number of thioether (sulfide) groups is 1. The lowest BCUT2D eigenvalue weighted by molar-refractivity contribution is -0.140. The monoisotopic (exact) mass is 344 g/mol. The van der Waals surface area contributed by atoms with Crippen LogP contribution in [0.25, 0.3) is 0 Å². The number of nitriles is 1. The third-order valence-corrected chi connectivity index (χ3v) is 3.86. The molecule has 5 nitrogen and oxygen atoms in total. The molecule has 0 bridgehead atoms. The van der Waals surface area contributed by atoms with Crippen LogP contribution >= 0.6 is 11.8 Å². The zero-order chi connectivity index (χ0) is 17.5. The molecule has 0 fully saturated rings. The van der Waals surface area contributed by atoms with Crippen LogP contribution in [0.15, 0.2) is 53.4 Å². The van der Waals surface area contributed by atoms with Crippen molar-refractivity contribution in [2.75, 3.05) is 5.32 Å². The highest BCUT2D eigenvalue weighted by atomic mass is 32.2. The number of hydrogen-bond donors (Lipinski definition) is 2. The van der Waals surface area contributed by atoms with E-state index in [4.69, 9.17) is 5.26 Å². The van der Waals surface area contributed by atoms with Gasteiger partial charge in [-0.3, -0.25) is 9.59 Å². The second-order valence-corrected chi connectivity index (χ2v) is 5.77. The number of carbonyl (C=O) groups excluding carboxylic acids is 1. The van der Waals surface area contributed by atoms with Crippen LogP contribution in [0.2, 0.25) is 0 Å². The van der Waals surface area contributed by atoms with Gasteiger partial charge in [-0.15, -0.1) is 0 Å². The van der Waals surface area contributed by atoms with E-state index in [1.807, 2.05) is 5.40 Å². The van der Waals surface area contributed by atoms with E-state index in [0.717, 1.165) is 28.8 Å². The minimum absolute atomic E-state index is 0.268. The maximum Gasteiger partial charge on any atom is 0.311 e. The Labute approximate surface area is 142 Å². The number of rotatable bonds is 6. The van der Waals surface area contributed by atoms with Crippen molar-refractivity contribution >= 4 is 29.3 Å². The summed E-state index contributed by atoms with van der Waals surface area (Å²) in [6.45, 7) is 0. The lowest BCUT2D eigenvalue weighted by Crippen LogP contribution is -2.20. The fraction of sp³-hybridized carbons (Fsp3) is 0.118. The Hall–Kier alpha value is -2.85. The molecule has 0 saturated heterocycles. The van der Waals surface area contributed by atoms with E-state index >= 15 is 0 Å². The molecular formula is C17H13FN2O3S. The van der Waals surface area contributed by atoms with Gasteiger partial charge in [0.2, 0.25) is 5.91 Å². The molecule has 7 heteroatoms. The predicted molar refractivity (Wildman–Crippen MR) is 87.9 cm³/mol. The zero-order valence-electron chi connectivity index (χ0n) is 12.4. The van der Waals surface area contributed by atoms with Gasteiger partial charge in [-0.05, 0) is 53.7 Å². The Kier molecular flexibility index (Phi) is 5.93. The number of benzene rings is 2. The Balaban J connectivity index is 2.04. The van der Waals surface area contributed by atoms with Crippen molar-refractivity contribution in [1.82, 2.24) is 0 Å². The normalized spacial score (nSPS) is 11.3. The number of nitrogens with one attached hydrogen (secondary N) is 1. The molecular weight excluding hydrogens is 331 g/mol. The van der Waals surface area contributed by atoms with E-state index < -0.39 is 23.6 Å². The molecule has 2 rings (SSSR count). The van der Waals surface area contributed by atoms with E-state index in [1.54, 1.807) is 24.3 Å². The van der Waals surface area contributed by atoms with Crippen molar-refractivity contribution in [3.8, 4) is 5.40 Å². The second-order valence-electron chi connectivity index (χ2n) is 4.91. The third-order valence-electron chi connectivity index (χ3n) is 3.26. The van der Waals surface area contributed by atoms with Crippen molar-refractivity contribution < 1.29 is 19.1 Å². The molecule has 2 N–H and O–H groups in total. The van der Waals surface area contributed by atoms with Crippen LogP contribution < -0.4 is 5.32 Å². The molecule has 0 aliphatic carbocycles. The Morgan fingerprint density at radius 1 is 1.17 bits per heavy atom. The maximum atomic E-state index is 12.9. The number of hydrogen-bond acceptors (Lipinski definition) is 4. The molecule has 1 amide bonds. The first-order valence-corrected chi connectivity index (χ1v) is 7.75. The summed E-state index contributed by atoms with van der Waals surface area (Å²) >= 11 is 1.00. The van der Waals surface area contributed by atoms with Crippen LogP contribution in [0, 0.1) is 16.5 Å². The molecule has 1 atom stereocenters. The van der Waals surface area contributed by atoms with E-state index in [0.29, 0.717) is 11.3 Å². The molecule has 0 heterocycles. The van der Waals surface area contributed by atoms with Gasteiger partial charge in [-0.25, -0.2) is 4.39 Å². The molecule has 2 aromatic carbocycles. The molecule has 2 aromatic rings. The molecule has 0 aromatic heterocycles. The largest absolute Gasteiger partial charge is 0.481 e. The smallest absolute Gasteiger partial charge is 0.311 e. The lowest BCUT2D eigenvalue weighted by Gasteiger charge is -2.13. The van der Waals surface area contributed by atoms with E-state index in [-0.39, 0.29) is 6.42 Å². The average Bonchev–Trinajstić information content (AvgIpc) is 2.55. The van der Waals surface area contributed by atoms with Gasteiger partial charge in [0.25, 0.3) is 0 Å². The molecule has 0 radical (unpaired) electrons.